The number of H-pyrrole nitrogens is 1. The molecule has 0 aliphatic heterocycles. The number of benzene rings is 1. The van der Waals surface area contributed by atoms with Gasteiger partial charge in [0.15, 0.2) is 5.78 Å². The van der Waals surface area contributed by atoms with Crippen molar-refractivity contribution < 1.29 is 14.7 Å². The fraction of sp³-hybridized carbons (Fsp3) is 0.375. The Morgan fingerprint density at radius 3 is 2.71 bits per heavy atom. The van der Waals surface area contributed by atoms with E-state index in [-0.39, 0.29) is 11.7 Å². The second kappa shape index (κ2) is 5.19. The Morgan fingerprint density at radius 1 is 1.29 bits per heavy atom. The molecule has 110 valence electrons. The molecule has 0 amide bonds. The summed E-state index contributed by atoms with van der Waals surface area (Å²) in [4.78, 5) is 27.2. The van der Waals surface area contributed by atoms with Crippen LogP contribution < -0.4 is 0 Å². The third kappa shape index (κ3) is 2.44. The molecule has 3 atom stereocenters. The average molecular weight is 306 g/mol. The van der Waals surface area contributed by atoms with Crippen LogP contribution in [0.15, 0.2) is 24.4 Å². The summed E-state index contributed by atoms with van der Waals surface area (Å²) in [6.07, 6.45) is 2.85. The first-order chi connectivity index (χ1) is 9.97. The van der Waals surface area contributed by atoms with E-state index in [0.29, 0.717) is 23.4 Å². The van der Waals surface area contributed by atoms with Crippen molar-refractivity contribution in [1.82, 2.24) is 4.98 Å². The van der Waals surface area contributed by atoms with Gasteiger partial charge in [-0.25, -0.2) is 0 Å². The highest BCUT2D eigenvalue weighted by Crippen LogP contribution is 2.39. The third-order valence-electron chi connectivity index (χ3n) is 4.36. The molecule has 0 spiro atoms. The number of fused-ring (bicyclic) bond motifs is 1. The van der Waals surface area contributed by atoms with Crippen molar-refractivity contribution in [3.05, 3.63) is 35.0 Å². The lowest BCUT2D eigenvalue weighted by molar-refractivity contribution is -0.142. The summed E-state index contributed by atoms with van der Waals surface area (Å²) in [6, 6.07) is 5.32. The average Bonchev–Trinajstić information content (AvgIpc) is 3.01. The summed E-state index contributed by atoms with van der Waals surface area (Å²) in [7, 11) is 0. The number of carboxylic acids is 1. The standard InChI is InChI=1S/C16H16ClNO3/c1-8-4-11(12(5-8)16(20)21)15(19)13-7-18-14-3-2-9(17)6-10(13)14/h2-3,6-8,11-12,18H,4-5H2,1H3,(H,20,21). The van der Waals surface area contributed by atoms with E-state index in [0.717, 1.165) is 10.9 Å². The van der Waals surface area contributed by atoms with Crippen molar-refractivity contribution in [2.45, 2.75) is 19.8 Å². The molecule has 2 N–H and O–H groups in total. The summed E-state index contributed by atoms with van der Waals surface area (Å²) < 4.78 is 0. The number of halogens is 1. The smallest absolute Gasteiger partial charge is 0.307 e. The van der Waals surface area contributed by atoms with Crippen LogP contribution in [0.5, 0.6) is 0 Å². The van der Waals surface area contributed by atoms with Crippen molar-refractivity contribution >= 4 is 34.3 Å². The summed E-state index contributed by atoms with van der Waals surface area (Å²) in [5, 5.41) is 10.6. The Labute approximate surface area is 127 Å². The van der Waals surface area contributed by atoms with Gasteiger partial charge < -0.3 is 10.1 Å². The Kier molecular flexibility index (Phi) is 3.49. The van der Waals surface area contributed by atoms with Crippen LogP contribution in [-0.4, -0.2) is 21.8 Å². The highest BCUT2D eigenvalue weighted by atomic mass is 35.5. The van der Waals surface area contributed by atoms with E-state index in [2.05, 4.69) is 4.98 Å². The number of ketones is 1. The summed E-state index contributed by atoms with van der Waals surface area (Å²) in [5.74, 6) is -1.75. The minimum atomic E-state index is -0.879. The fourth-order valence-electron chi connectivity index (χ4n) is 3.35. The van der Waals surface area contributed by atoms with Gasteiger partial charge in [-0.3, -0.25) is 9.59 Å². The molecule has 4 nitrogen and oxygen atoms in total. The van der Waals surface area contributed by atoms with Gasteiger partial charge in [-0.1, -0.05) is 18.5 Å². The van der Waals surface area contributed by atoms with Crippen LogP contribution in [0.1, 0.15) is 30.1 Å². The monoisotopic (exact) mass is 305 g/mol. The van der Waals surface area contributed by atoms with Gasteiger partial charge in [0.1, 0.15) is 0 Å². The normalized spacial score (nSPS) is 25.3. The Bertz CT molecular complexity index is 721. The van der Waals surface area contributed by atoms with Gasteiger partial charge in [-0.2, -0.15) is 0 Å². The van der Waals surface area contributed by atoms with E-state index >= 15 is 0 Å². The first kappa shape index (κ1) is 14.1. The largest absolute Gasteiger partial charge is 0.481 e. The molecule has 1 aliphatic carbocycles. The first-order valence-electron chi connectivity index (χ1n) is 7.01. The molecule has 2 aromatic rings. The Balaban J connectivity index is 2.00. The molecule has 1 aromatic heterocycles. The molecule has 1 saturated carbocycles. The maximum Gasteiger partial charge on any atom is 0.307 e. The lowest BCUT2D eigenvalue weighted by atomic mass is 9.88. The number of carbonyl (C=O) groups excluding carboxylic acids is 1. The van der Waals surface area contributed by atoms with E-state index in [4.69, 9.17) is 11.6 Å². The lowest BCUT2D eigenvalue weighted by Gasteiger charge is -2.13. The highest BCUT2D eigenvalue weighted by Gasteiger charge is 2.41. The number of rotatable bonds is 3. The lowest BCUT2D eigenvalue weighted by Crippen LogP contribution is -2.25. The van der Waals surface area contributed by atoms with Crippen LogP contribution in [0.3, 0.4) is 0 Å². The van der Waals surface area contributed by atoms with Crippen LogP contribution in [-0.2, 0) is 4.79 Å². The van der Waals surface area contributed by atoms with E-state index in [1.54, 1.807) is 18.3 Å². The first-order valence-corrected chi connectivity index (χ1v) is 7.39. The number of aromatic nitrogens is 1. The van der Waals surface area contributed by atoms with Gasteiger partial charge in [0, 0.05) is 33.6 Å². The highest BCUT2D eigenvalue weighted by molar-refractivity contribution is 6.31. The number of aliphatic carboxylic acids is 1. The number of hydrogen-bond acceptors (Lipinski definition) is 2. The van der Waals surface area contributed by atoms with Crippen LogP contribution in [0.4, 0.5) is 0 Å². The summed E-state index contributed by atoms with van der Waals surface area (Å²) in [6.45, 7) is 2.00. The van der Waals surface area contributed by atoms with E-state index in [1.165, 1.54) is 0 Å². The number of nitrogens with one attached hydrogen (secondary N) is 1. The maximum absolute atomic E-state index is 12.8. The SMILES string of the molecule is CC1CC(C(=O)O)C(C(=O)c2c[nH]c3ccc(Cl)cc23)C1. The Morgan fingerprint density at radius 2 is 2.00 bits per heavy atom. The van der Waals surface area contributed by atoms with E-state index < -0.39 is 17.8 Å². The molecular formula is C16H16ClNO3. The third-order valence-corrected chi connectivity index (χ3v) is 4.60. The molecule has 5 heteroatoms. The second-order valence-corrected chi connectivity index (χ2v) is 6.32. The van der Waals surface area contributed by atoms with Crippen molar-refractivity contribution in [3.63, 3.8) is 0 Å². The predicted molar refractivity (Wildman–Crippen MR) is 80.7 cm³/mol. The van der Waals surface area contributed by atoms with Gasteiger partial charge in [0.25, 0.3) is 0 Å². The van der Waals surface area contributed by atoms with Crippen LogP contribution in [0.2, 0.25) is 5.02 Å². The molecule has 0 radical (unpaired) electrons. The number of Topliss-reactive ketones (excluding diaryl/α,β-unsaturated/α-hetero) is 1. The minimum Gasteiger partial charge on any atom is -0.481 e. The van der Waals surface area contributed by atoms with Gasteiger partial charge in [0.2, 0.25) is 0 Å². The zero-order valence-electron chi connectivity index (χ0n) is 11.6. The maximum atomic E-state index is 12.8. The molecular weight excluding hydrogens is 290 g/mol. The number of carbonyl (C=O) groups is 2. The molecule has 1 aromatic carbocycles. The van der Waals surface area contributed by atoms with Crippen molar-refractivity contribution in [3.8, 4) is 0 Å². The molecule has 0 saturated heterocycles. The van der Waals surface area contributed by atoms with E-state index in [1.807, 2.05) is 13.0 Å². The second-order valence-electron chi connectivity index (χ2n) is 5.88. The van der Waals surface area contributed by atoms with Gasteiger partial charge in [0.05, 0.1) is 5.92 Å². The van der Waals surface area contributed by atoms with Gasteiger partial charge >= 0.3 is 5.97 Å². The Hall–Kier alpha value is -1.81. The zero-order chi connectivity index (χ0) is 15.1. The fourth-order valence-corrected chi connectivity index (χ4v) is 3.52. The van der Waals surface area contributed by atoms with Crippen LogP contribution in [0.25, 0.3) is 10.9 Å². The predicted octanol–water partition coefficient (Wildman–Crippen LogP) is 3.75. The number of hydrogen-bond donors (Lipinski definition) is 2. The summed E-state index contributed by atoms with van der Waals surface area (Å²) in [5.41, 5.74) is 1.37. The quantitative estimate of drug-likeness (QED) is 0.848. The van der Waals surface area contributed by atoms with Gasteiger partial charge in [-0.05, 0) is 37.0 Å². The van der Waals surface area contributed by atoms with E-state index in [9.17, 15) is 14.7 Å². The van der Waals surface area contributed by atoms with Crippen molar-refractivity contribution in [2.24, 2.45) is 17.8 Å². The molecule has 1 fully saturated rings. The van der Waals surface area contributed by atoms with Crippen LogP contribution in [0, 0.1) is 17.8 Å². The van der Waals surface area contributed by atoms with Crippen molar-refractivity contribution in [1.29, 1.82) is 0 Å². The molecule has 0 bridgehead atoms. The molecule has 3 unspecified atom stereocenters. The molecule has 1 heterocycles. The molecule has 1 aliphatic rings. The minimum absolute atomic E-state index is 0.0970. The summed E-state index contributed by atoms with van der Waals surface area (Å²) >= 11 is 5.99. The molecule has 21 heavy (non-hydrogen) atoms. The van der Waals surface area contributed by atoms with Crippen LogP contribution >= 0.6 is 11.6 Å². The topological polar surface area (TPSA) is 70.2 Å². The van der Waals surface area contributed by atoms with Crippen molar-refractivity contribution in [2.75, 3.05) is 0 Å². The zero-order valence-corrected chi connectivity index (χ0v) is 12.4. The van der Waals surface area contributed by atoms with Gasteiger partial charge in [-0.15, -0.1) is 0 Å². The molecule has 3 rings (SSSR count). The number of carboxylic acid groups (broad SMARTS) is 1. The number of aromatic amines is 1.